The second kappa shape index (κ2) is 10.3. The normalized spacial score (nSPS) is 11.4. The minimum Gasteiger partial charge on any atom is -0.475 e. The van der Waals surface area contributed by atoms with E-state index in [1.165, 1.54) is 9.13 Å². The number of hydrogen-bond donors (Lipinski definition) is 3. The van der Waals surface area contributed by atoms with Gasteiger partial charge in [0.2, 0.25) is 5.28 Å². The maximum absolute atomic E-state index is 12.5. The zero-order valence-corrected chi connectivity index (χ0v) is 15.8. The smallest absolute Gasteiger partial charge is 0.475 e. The van der Waals surface area contributed by atoms with E-state index in [2.05, 4.69) is 16.9 Å². The number of aromatic nitrogens is 4. The second-order valence-electron chi connectivity index (χ2n) is 5.77. The summed E-state index contributed by atoms with van der Waals surface area (Å²) in [5.41, 5.74) is 5.32. The average Bonchev–Trinajstić information content (AvgIpc) is 2.99. The van der Waals surface area contributed by atoms with Crippen LogP contribution in [0.25, 0.3) is 11.2 Å². The Labute approximate surface area is 161 Å². The van der Waals surface area contributed by atoms with Crippen LogP contribution in [-0.4, -0.2) is 42.9 Å². The van der Waals surface area contributed by atoms with E-state index in [9.17, 15) is 22.8 Å². The molecule has 0 spiro atoms. The van der Waals surface area contributed by atoms with E-state index in [4.69, 9.17) is 27.2 Å². The molecule has 2 rings (SSSR count). The molecule has 0 aliphatic carbocycles. The van der Waals surface area contributed by atoms with Crippen molar-refractivity contribution in [1.29, 1.82) is 0 Å². The molecule has 9 nitrogen and oxygen atoms in total. The Morgan fingerprint density at radius 3 is 2.29 bits per heavy atom. The molecule has 0 aliphatic heterocycles. The van der Waals surface area contributed by atoms with Crippen molar-refractivity contribution >= 4 is 28.7 Å². The number of alkyl halides is 3. The van der Waals surface area contributed by atoms with Gasteiger partial charge in [-0.25, -0.2) is 9.59 Å². The lowest BCUT2D eigenvalue weighted by Crippen LogP contribution is -2.40. The molecular weight excluding hydrogens is 407 g/mol. The Bertz CT molecular complexity index is 919. The summed E-state index contributed by atoms with van der Waals surface area (Å²) in [6.45, 7) is 3.33. The molecule has 0 saturated carbocycles. The molecule has 28 heavy (non-hydrogen) atoms. The van der Waals surface area contributed by atoms with Gasteiger partial charge in [0.25, 0.3) is 5.56 Å². The summed E-state index contributed by atoms with van der Waals surface area (Å²) in [4.78, 5) is 40.5. The van der Waals surface area contributed by atoms with Crippen molar-refractivity contribution in [1.82, 2.24) is 19.1 Å². The zero-order valence-electron chi connectivity index (χ0n) is 15.1. The Balaban J connectivity index is 0.000000480. The van der Waals surface area contributed by atoms with Crippen LogP contribution in [-0.2, 0) is 17.9 Å². The molecule has 0 radical (unpaired) electrons. The third-order valence-electron chi connectivity index (χ3n) is 3.65. The average molecular weight is 428 g/mol. The lowest BCUT2D eigenvalue weighted by atomic mass is 10.2. The number of nitrogens with zero attached hydrogens (tertiary/aromatic N) is 3. The number of carboxylic acids is 1. The van der Waals surface area contributed by atoms with Gasteiger partial charge in [-0.15, -0.1) is 0 Å². The van der Waals surface area contributed by atoms with Gasteiger partial charge in [-0.05, 0) is 31.0 Å². The van der Waals surface area contributed by atoms with Gasteiger partial charge in [0.15, 0.2) is 11.2 Å². The third kappa shape index (κ3) is 6.09. The van der Waals surface area contributed by atoms with E-state index in [0.29, 0.717) is 31.7 Å². The molecule has 0 aliphatic rings. The molecule has 0 fully saturated rings. The minimum absolute atomic E-state index is 0.113. The topological polar surface area (TPSA) is 136 Å². The summed E-state index contributed by atoms with van der Waals surface area (Å²) >= 11 is 5.85. The van der Waals surface area contributed by atoms with Crippen molar-refractivity contribution in [2.24, 2.45) is 5.73 Å². The molecule has 0 saturated heterocycles. The van der Waals surface area contributed by atoms with Gasteiger partial charge in [0, 0.05) is 13.1 Å². The Hall–Kier alpha value is -2.34. The number of nitrogens with one attached hydrogen (secondary N) is 1. The number of aromatic amines is 1. The molecule has 0 aromatic carbocycles. The molecule has 0 amide bonds. The maximum atomic E-state index is 12.5. The fourth-order valence-electron chi connectivity index (χ4n) is 2.31. The second-order valence-corrected chi connectivity index (χ2v) is 6.13. The van der Waals surface area contributed by atoms with Crippen LogP contribution in [0.5, 0.6) is 0 Å². The lowest BCUT2D eigenvalue weighted by molar-refractivity contribution is -0.192. The van der Waals surface area contributed by atoms with Gasteiger partial charge in [-0.1, -0.05) is 19.8 Å². The Morgan fingerprint density at radius 2 is 1.79 bits per heavy atom. The van der Waals surface area contributed by atoms with E-state index >= 15 is 0 Å². The van der Waals surface area contributed by atoms with E-state index in [0.717, 1.165) is 19.3 Å². The van der Waals surface area contributed by atoms with E-state index in [1.54, 1.807) is 0 Å². The quantitative estimate of drug-likeness (QED) is 0.454. The van der Waals surface area contributed by atoms with Crippen LogP contribution in [0.4, 0.5) is 13.2 Å². The van der Waals surface area contributed by atoms with Crippen molar-refractivity contribution in [3.8, 4) is 0 Å². The fourth-order valence-corrected chi connectivity index (χ4v) is 2.48. The first-order valence-electron chi connectivity index (χ1n) is 8.43. The van der Waals surface area contributed by atoms with Crippen molar-refractivity contribution < 1.29 is 23.1 Å². The number of carboxylic acid groups (broad SMARTS) is 1. The molecule has 2 aromatic heterocycles. The maximum Gasteiger partial charge on any atom is 0.490 e. The van der Waals surface area contributed by atoms with Crippen molar-refractivity contribution in [2.45, 2.75) is 51.9 Å². The molecule has 0 bridgehead atoms. The predicted molar refractivity (Wildman–Crippen MR) is 96.5 cm³/mol. The molecule has 4 N–H and O–H groups in total. The standard InChI is InChI=1S/C13H20ClN5O2.C2HF3O2/c1-2-3-4-7-18-10-9(16-12(14)17-10)11(20)19(13(18)21)8-5-6-15;3-2(4,5)1(6)7/h2-8,15H2,1H3,(H,16,17);(H,6,7). The molecular formula is C15H21ClF3N5O4. The van der Waals surface area contributed by atoms with Crippen molar-refractivity contribution in [3.63, 3.8) is 0 Å². The Kier molecular flexibility index (Phi) is 8.69. The van der Waals surface area contributed by atoms with Crippen LogP contribution < -0.4 is 17.0 Å². The number of aryl methyl sites for hydroxylation is 1. The number of imidazole rings is 1. The molecule has 13 heteroatoms. The van der Waals surface area contributed by atoms with Gasteiger partial charge in [-0.3, -0.25) is 13.9 Å². The van der Waals surface area contributed by atoms with Gasteiger partial charge < -0.3 is 15.8 Å². The number of hydrogen-bond acceptors (Lipinski definition) is 5. The first kappa shape index (κ1) is 23.7. The molecule has 2 heterocycles. The number of nitrogens with two attached hydrogens (primary N) is 1. The highest BCUT2D eigenvalue weighted by Crippen LogP contribution is 2.13. The minimum atomic E-state index is -5.08. The van der Waals surface area contributed by atoms with Crippen LogP contribution in [0, 0.1) is 0 Å². The number of rotatable bonds is 7. The number of carbonyl (C=O) groups is 1. The first-order chi connectivity index (χ1) is 13.0. The molecule has 0 atom stereocenters. The molecule has 2 aromatic rings. The largest absolute Gasteiger partial charge is 0.490 e. The van der Waals surface area contributed by atoms with Crippen LogP contribution >= 0.6 is 11.6 Å². The van der Waals surface area contributed by atoms with Crippen LogP contribution in [0.1, 0.15) is 32.6 Å². The van der Waals surface area contributed by atoms with Crippen LogP contribution in [0.15, 0.2) is 9.59 Å². The molecule has 158 valence electrons. The van der Waals surface area contributed by atoms with Crippen molar-refractivity contribution in [3.05, 3.63) is 26.1 Å². The van der Waals surface area contributed by atoms with Crippen molar-refractivity contribution in [2.75, 3.05) is 6.54 Å². The van der Waals surface area contributed by atoms with E-state index in [-0.39, 0.29) is 16.5 Å². The lowest BCUT2D eigenvalue weighted by Gasteiger charge is -2.10. The SMILES string of the molecule is CCCCCn1c(=O)n(CCCN)c(=O)c2[nH]c(Cl)nc21.O=C(O)C(F)(F)F. The summed E-state index contributed by atoms with van der Waals surface area (Å²) in [5, 5.41) is 7.24. The Morgan fingerprint density at radius 1 is 1.21 bits per heavy atom. The van der Waals surface area contributed by atoms with E-state index in [1.807, 2.05) is 0 Å². The van der Waals surface area contributed by atoms with Gasteiger partial charge in [0.1, 0.15) is 0 Å². The summed E-state index contributed by atoms with van der Waals surface area (Å²) < 4.78 is 34.5. The van der Waals surface area contributed by atoms with Gasteiger partial charge >= 0.3 is 17.8 Å². The predicted octanol–water partition coefficient (Wildman–Crippen LogP) is 1.71. The number of H-pyrrole nitrogens is 1. The summed E-state index contributed by atoms with van der Waals surface area (Å²) in [7, 11) is 0. The summed E-state index contributed by atoms with van der Waals surface area (Å²) in [6, 6.07) is 0. The highest BCUT2D eigenvalue weighted by molar-refractivity contribution is 6.28. The fraction of sp³-hybridized carbons (Fsp3) is 0.600. The highest BCUT2D eigenvalue weighted by atomic mass is 35.5. The van der Waals surface area contributed by atoms with Gasteiger partial charge in [0.05, 0.1) is 0 Å². The summed E-state index contributed by atoms with van der Waals surface area (Å²) in [5.74, 6) is -2.76. The number of halogens is 4. The monoisotopic (exact) mass is 427 g/mol. The number of unbranched alkanes of at least 4 members (excludes halogenated alkanes) is 2. The number of fused-ring (bicyclic) bond motifs is 1. The van der Waals surface area contributed by atoms with E-state index < -0.39 is 17.7 Å². The van der Waals surface area contributed by atoms with Gasteiger partial charge in [-0.2, -0.15) is 18.2 Å². The molecule has 0 unspecified atom stereocenters. The highest BCUT2D eigenvalue weighted by Gasteiger charge is 2.38. The zero-order chi connectivity index (χ0) is 21.5. The third-order valence-corrected chi connectivity index (χ3v) is 3.82. The first-order valence-corrected chi connectivity index (χ1v) is 8.81. The van der Waals surface area contributed by atoms with Crippen LogP contribution in [0.3, 0.4) is 0 Å². The van der Waals surface area contributed by atoms with Crippen LogP contribution in [0.2, 0.25) is 5.28 Å². The number of aliphatic carboxylic acids is 1. The summed E-state index contributed by atoms with van der Waals surface area (Å²) in [6.07, 6.45) is -1.61.